The molecule has 0 saturated heterocycles. The van der Waals surface area contributed by atoms with Crippen LogP contribution in [-0.4, -0.2) is 30.8 Å². The van der Waals surface area contributed by atoms with Gasteiger partial charge in [0.15, 0.2) is 0 Å². The van der Waals surface area contributed by atoms with E-state index in [1.165, 1.54) is 0 Å². The van der Waals surface area contributed by atoms with Gasteiger partial charge in [-0.25, -0.2) is 0 Å². The number of aryl methyl sites for hydroxylation is 1. The molecule has 0 aromatic heterocycles. The molecule has 1 fully saturated rings. The molecule has 1 aliphatic rings. The predicted octanol–water partition coefficient (Wildman–Crippen LogP) is 3.61. The van der Waals surface area contributed by atoms with E-state index in [0.717, 1.165) is 18.4 Å². The van der Waals surface area contributed by atoms with E-state index >= 15 is 0 Å². The summed E-state index contributed by atoms with van der Waals surface area (Å²) in [4.78, 5) is 12.2. The smallest absolute Gasteiger partial charge is 0.369 e. The van der Waals surface area contributed by atoms with Crippen molar-refractivity contribution >= 4 is 5.91 Å². The fourth-order valence-electron chi connectivity index (χ4n) is 2.69. The lowest BCUT2D eigenvalue weighted by Gasteiger charge is -2.30. The van der Waals surface area contributed by atoms with Gasteiger partial charge < -0.3 is 10.1 Å². The Morgan fingerprint density at radius 3 is 2.82 bits per heavy atom. The Balaban J connectivity index is 1.86. The van der Waals surface area contributed by atoms with E-state index < -0.39 is 18.9 Å². The highest BCUT2D eigenvalue weighted by Gasteiger charge is 2.31. The molecule has 0 bridgehead atoms. The van der Waals surface area contributed by atoms with Gasteiger partial charge in [0.1, 0.15) is 6.61 Å². The van der Waals surface area contributed by atoms with Gasteiger partial charge in [-0.05, 0) is 44.7 Å². The minimum atomic E-state index is -4.31. The SMILES string of the molecule is Cc1cccc(C(=O)N[C@H]2CCC[C@@H](OCC(F)(F)F)C2)c1. The number of nitrogens with one attached hydrogen (secondary N) is 1. The molecule has 1 aromatic rings. The van der Waals surface area contributed by atoms with Crippen LogP contribution in [0.4, 0.5) is 13.2 Å². The molecular formula is C16H20F3NO2. The zero-order chi connectivity index (χ0) is 16.2. The van der Waals surface area contributed by atoms with Gasteiger partial charge in [0.05, 0.1) is 6.10 Å². The van der Waals surface area contributed by atoms with Crippen molar-refractivity contribution in [1.82, 2.24) is 5.32 Å². The van der Waals surface area contributed by atoms with Crippen molar-refractivity contribution in [3.05, 3.63) is 35.4 Å². The molecule has 2 rings (SSSR count). The molecule has 1 aliphatic carbocycles. The normalized spacial score (nSPS) is 22.4. The Hall–Kier alpha value is -1.56. The van der Waals surface area contributed by atoms with Crippen molar-refractivity contribution in [1.29, 1.82) is 0 Å². The highest BCUT2D eigenvalue weighted by molar-refractivity contribution is 5.94. The maximum Gasteiger partial charge on any atom is 0.411 e. The first-order valence-corrected chi connectivity index (χ1v) is 7.39. The molecule has 122 valence electrons. The Morgan fingerprint density at radius 2 is 2.14 bits per heavy atom. The number of hydrogen-bond acceptors (Lipinski definition) is 2. The number of amides is 1. The van der Waals surface area contributed by atoms with E-state index in [4.69, 9.17) is 4.74 Å². The average molecular weight is 315 g/mol. The number of carbonyl (C=O) groups is 1. The molecular weight excluding hydrogens is 295 g/mol. The fraction of sp³-hybridized carbons (Fsp3) is 0.562. The van der Waals surface area contributed by atoms with Crippen LogP contribution in [0.5, 0.6) is 0 Å². The van der Waals surface area contributed by atoms with Gasteiger partial charge in [-0.2, -0.15) is 13.2 Å². The van der Waals surface area contributed by atoms with Crippen LogP contribution in [0.25, 0.3) is 0 Å². The van der Waals surface area contributed by atoms with Gasteiger partial charge in [0.25, 0.3) is 5.91 Å². The second-order valence-electron chi connectivity index (χ2n) is 5.75. The van der Waals surface area contributed by atoms with E-state index in [2.05, 4.69) is 5.32 Å². The largest absolute Gasteiger partial charge is 0.411 e. The van der Waals surface area contributed by atoms with Crippen LogP contribution < -0.4 is 5.32 Å². The molecule has 1 aromatic carbocycles. The van der Waals surface area contributed by atoms with Crippen LogP contribution in [0.15, 0.2) is 24.3 Å². The van der Waals surface area contributed by atoms with Gasteiger partial charge >= 0.3 is 6.18 Å². The molecule has 2 atom stereocenters. The molecule has 0 spiro atoms. The predicted molar refractivity (Wildman–Crippen MR) is 76.7 cm³/mol. The molecule has 6 heteroatoms. The maximum atomic E-state index is 12.2. The summed E-state index contributed by atoms with van der Waals surface area (Å²) in [6, 6.07) is 7.08. The summed E-state index contributed by atoms with van der Waals surface area (Å²) in [5.74, 6) is -0.190. The highest BCUT2D eigenvalue weighted by Crippen LogP contribution is 2.24. The van der Waals surface area contributed by atoms with Crippen LogP contribution in [0.1, 0.15) is 41.6 Å². The number of carbonyl (C=O) groups excluding carboxylic acids is 1. The number of rotatable bonds is 4. The monoisotopic (exact) mass is 315 g/mol. The van der Waals surface area contributed by atoms with Gasteiger partial charge in [-0.1, -0.05) is 17.7 Å². The summed E-state index contributed by atoms with van der Waals surface area (Å²) in [5, 5.41) is 2.89. The summed E-state index contributed by atoms with van der Waals surface area (Å²) in [5.41, 5.74) is 1.56. The second-order valence-corrected chi connectivity index (χ2v) is 5.75. The minimum Gasteiger partial charge on any atom is -0.369 e. The van der Waals surface area contributed by atoms with E-state index in [1.807, 2.05) is 13.0 Å². The lowest BCUT2D eigenvalue weighted by atomic mass is 9.92. The number of benzene rings is 1. The highest BCUT2D eigenvalue weighted by atomic mass is 19.4. The number of hydrogen-bond donors (Lipinski definition) is 1. The van der Waals surface area contributed by atoms with Crippen molar-refractivity contribution in [2.24, 2.45) is 0 Å². The van der Waals surface area contributed by atoms with Gasteiger partial charge in [-0.3, -0.25) is 4.79 Å². The van der Waals surface area contributed by atoms with Gasteiger partial charge in [0.2, 0.25) is 0 Å². The summed E-state index contributed by atoms with van der Waals surface area (Å²) >= 11 is 0. The van der Waals surface area contributed by atoms with Gasteiger partial charge in [0, 0.05) is 11.6 Å². The first kappa shape index (κ1) is 16.8. The molecule has 0 aliphatic heterocycles. The Morgan fingerprint density at radius 1 is 1.36 bits per heavy atom. The molecule has 1 N–H and O–H groups in total. The van der Waals surface area contributed by atoms with E-state index in [1.54, 1.807) is 18.2 Å². The van der Waals surface area contributed by atoms with E-state index in [9.17, 15) is 18.0 Å². The lowest BCUT2D eigenvalue weighted by molar-refractivity contribution is -0.188. The third-order valence-electron chi connectivity index (χ3n) is 3.72. The third kappa shape index (κ3) is 5.33. The number of halogens is 3. The zero-order valence-electron chi connectivity index (χ0n) is 12.5. The van der Waals surface area contributed by atoms with Crippen molar-refractivity contribution in [3.63, 3.8) is 0 Å². The van der Waals surface area contributed by atoms with Crippen molar-refractivity contribution in [2.45, 2.75) is 50.9 Å². The van der Waals surface area contributed by atoms with E-state index in [-0.39, 0.29) is 11.9 Å². The number of alkyl halides is 3. The Labute approximate surface area is 127 Å². The lowest BCUT2D eigenvalue weighted by Crippen LogP contribution is -2.41. The third-order valence-corrected chi connectivity index (χ3v) is 3.72. The summed E-state index contributed by atoms with van der Waals surface area (Å²) in [6.45, 7) is 0.675. The quantitative estimate of drug-likeness (QED) is 0.921. The van der Waals surface area contributed by atoms with E-state index in [0.29, 0.717) is 18.4 Å². The molecule has 0 heterocycles. The first-order valence-electron chi connectivity index (χ1n) is 7.39. The van der Waals surface area contributed by atoms with Crippen molar-refractivity contribution in [3.8, 4) is 0 Å². The molecule has 0 radical (unpaired) electrons. The minimum absolute atomic E-state index is 0.139. The van der Waals surface area contributed by atoms with Crippen LogP contribution in [0.2, 0.25) is 0 Å². The summed E-state index contributed by atoms with van der Waals surface area (Å²) in [6.07, 6.45) is -2.21. The van der Waals surface area contributed by atoms with Crippen LogP contribution in [0, 0.1) is 6.92 Å². The molecule has 0 unspecified atom stereocenters. The number of ether oxygens (including phenoxy) is 1. The standard InChI is InChI=1S/C16H20F3NO2/c1-11-4-2-5-12(8-11)15(21)20-13-6-3-7-14(9-13)22-10-16(17,18)19/h2,4-5,8,13-14H,3,6-7,9-10H2,1H3,(H,20,21)/t13-,14+/m0/s1. The average Bonchev–Trinajstić information content (AvgIpc) is 2.45. The van der Waals surface area contributed by atoms with Crippen molar-refractivity contribution in [2.75, 3.05) is 6.61 Å². The molecule has 1 saturated carbocycles. The van der Waals surface area contributed by atoms with Crippen molar-refractivity contribution < 1.29 is 22.7 Å². The first-order chi connectivity index (χ1) is 10.3. The zero-order valence-corrected chi connectivity index (χ0v) is 12.5. The fourth-order valence-corrected chi connectivity index (χ4v) is 2.69. The van der Waals surface area contributed by atoms with Gasteiger partial charge in [-0.15, -0.1) is 0 Å². The molecule has 3 nitrogen and oxygen atoms in total. The van der Waals surface area contributed by atoms with Crippen LogP contribution >= 0.6 is 0 Å². The summed E-state index contributed by atoms with van der Waals surface area (Å²) < 4.78 is 41.5. The topological polar surface area (TPSA) is 38.3 Å². The maximum absolute atomic E-state index is 12.2. The summed E-state index contributed by atoms with van der Waals surface area (Å²) in [7, 11) is 0. The molecule has 22 heavy (non-hydrogen) atoms. The Bertz CT molecular complexity index is 516. The Kier molecular flexibility index (Phi) is 5.45. The second kappa shape index (κ2) is 7.13. The van der Waals surface area contributed by atoms with Crippen LogP contribution in [-0.2, 0) is 4.74 Å². The molecule has 1 amide bonds. The van der Waals surface area contributed by atoms with Crippen LogP contribution in [0.3, 0.4) is 0 Å².